The molecule has 1 fully saturated rings. The summed E-state index contributed by atoms with van der Waals surface area (Å²) in [5, 5.41) is 10.8. The lowest BCUT2D eigenvalue weighted by Crippen LogP contribution is -2.52. The fourth-order valence-electron chi connectivity index (χ4n) is 4.03. The first-order chi connectivity index (χ1) is 14.9. The molecule has 148 valence electrons. The molecule has 30 heavy (non-hydrogen) atoms. The standard InChI is InChI=1S/C27H25N3/c1-4-10-20(11-5-1)23-16-24(21-12-6-2-7-13-21)18-25(17-23)27-29-19-28-26(30-27)22-14-8-3-9-15-22/h1-18,26-30H,19H2. The lowest BCUT2D eigenvalue weighted by molar-refractivity contribution is 0.267. The fraction of sp³-hybridized carbons (Fsp3) is 0.111. The topological polar surface area (TPSA) is 36.1 Å². The Hall–Kier alpha value is -3.24. The molecule has 3 heteroatoms. The van der Waals surface area contributed by atoms with Crippen LogP contribution in [-0.4, -0.2) is 6.67 Å². The molecule has 0 spiro atoms. The minimum absolute atomic E-state index is 0.0579. The van der Waals surface area contributed by atoms with Crippen LogP contribution in [0, 0.1) is 0 Å². The smallest absolute Gasteiger partial charge is 0.0860 e. The van der Waals surface area contributed by atoms with Gasteiger partial charge < -0.3 is 0 Å². The highest BCUT2D eigenvalue weighted by Crippen LogP contribution is 2.31. The Labute approximate surface area is 177 Å². The Balaban J connectivity index is 1.54. The Morgan fingerprint density at radius 2 is 0.933 bits per heavy atom. The molecule has 0 aromatic heterocycles. The van der Waals surface area contributed by atoms with E-state index in [0.717, 1.165) is 6.67 Å². The predicted octanol–water partition coefficient (Wildman–Crippen LogP) is 5.46. The van der Waals surface area contributed by atoms with Crippen LogP contribution in [0.25, 0.3) is 22.3 Å². The van der Waals surface area contributed by atoms with Crippen molar-refractivity contribution in [3.63, 3.8) is 0 Å². The molecular formula is C27H25N3. The highest BCUT2D eigenvalue weighted by molar-refractivity contribution is 5.74. The maximum absolute atomic E-state index is 3.72. The summed E-state index contributed by atoms with van der Waals surface area (Å²) >= 11 is 0. The van der Waals surface area contributed by atoms with Gasteiger partial charge in [-0.05, 0) is 51.6 Å². The second-order valence-corrected chi connectivity index (χ2v) is 7.60. The molecule has 1 saturated heterocycles. The Bertz CT molecular complexity index is 1040. The molecular weight excluding hydrogens is 366 g/mol. The zero-order chi connectivity index (χ0) is 20.2. The van der Waals surface area contributed by atoms with Crippen LogP contribution in [0.2, 0.25) is 0 Å². The van der Waals surface area contributed by atoms with Gasteiger partial charge in [0.1, 0.15) is 0 Å². The molecule has 4 aromatic carbocycles. The molecule has 0 amide bonds. The summed E-state index contributed by atoms with van der Waals surface area (Å²) < 4.78 is 0. The molecule has 0 bridgehead atoms. The van der Waals surface area contributed by atoms with Gasteiger partial charge in [0.15, 0.2) is 0 Å². The maximum atomic E-state index is 3.72. The quantitative estimate of drug-likeness (QED) is 0.432. The van der Waals surface area contributed by atoms with Gasteiger partial charge in [0.25, 0.3) is 0 Å². The van der Waals surface area contributed by atoms with Gasteiger partial charge in [-0.1, -0.05) is 91.0 Å². The molecule has 1 aliphatic heterocycles. The van der Waals surface area contributed by atoms with Gasteiger partial charge in [-0.2, -0.15) is 0 Å². The van der Waals surface area contributed by atoms with Gasteiger partial charge in [-0.3, -0.25) is 16.0 Å². The summed E-state index contributed by atoms with van der Waals surface area (Å²) in [4.78, 5) is 0. The van der Waals surface area contributed by atoms with Crippen LogP contribution < -0.4 is 16.0 Å². The molecule has 3 nitrogen and oxygen atoms in total. The predicted molar refractivity (Wildman–Crippen MR) is 124 cm³/mol. The van der Waals surface area contributed by atoms with Crippen molar-refractivity contribution in [3.8, 4) is 22.3 Å². The van der Waals surface area contributed by atoms with Crippen LogP contribution >= 0.6 is 0 Å². The van der Waals surface area contributed by atoms with E-state index < -0.39 is 0 Å². The summed E-state index contributed by atoms with van der Waals surface area (Å²) in [6.45, 7) is 0.744. The highest BCUT2D eigenvalue weighted by atomic mass is 15.3. The van der Waals surface area contributed by atoms with Crippen molar-refractivity contribution in [1.82, 2.24) is 16.0 Å². The van der Waals surface area contributed by atoms with Crippen molar-refractivity contribution >= 4 is 0 Å². The van der Waals surface area contributed by atoms with E-state index in [1.54, 1.807) is 0 Å². The van der Waals surface area contributed by atoms with Crippen molar-refractivity contribution < 1.29 is 0 Å². The monoisotopic (exact) mass is 391 g/mol. The van der Waals surface area contributed by atoms with E-state index in [-0.39, 0.29) is 12.3 Å². The Kier molecular flexibility index (Phi) is 5.40. The lowest BCUT2D eigenvalue weighted by Gasteiger charge is -2.34. The average Bonchev–Trinajstić information content (AvgIpc) is 2.85. The van der Waals surface area contributed by atoms with E-state index in [2.05, 4.69) is 125 Å². The number of rotatable bonds is 4. The number of hydrogen-bond donors (Lipinski definition) is 3. The summed E-state index contributed by atoms with van der Waals surface area (Å²) in [6.07, 6.45) is 0.167. The molecule has 2 unspecified atom stereocenters. The first kappa shape index (κ1) is 18.8. The SMILES string of the molecule is c1ccc(-c2cc(-c3ccccc3)cc(C3NCNC(c4ccccc4)N3)c2)cc1. The Morgan fingerprint density at radius 1 is 0.467 bits per heavy atom. The summed E-state index contributed by atoms with van der Waals surface area (Å²) in [6, 6.07) is 38.6. The molecule has 1 heterocycles. The van der Waals surface area contributed by atoms with Crippen LogP contribution in [0.15, 0.2) is 109 Å². The normalized spacial score (nSPS) is 18.8. The van der Waals surface area contributed by atoms with E-state index in [1.165, 1.54) is 33.4 Å². The van der Waals surface area contributed by atoms with Gasteiger partial charge in [0, 0.05) is 6.67 Å². The van der Waals surface area contributed by atoms with E-state index >= 15 is 0 Å². The minimum Gasteiger partial charge on any atom is -0.285 e. The van der Waals surface area contributed by atoms with Crippen molar-refractivity contribution in [2.75, 3.05) is 6.67 Å². The molecule has 5 rings (SSSR count). The first-order valence-electron chi connectivity index (χ1n) is 10.4. The largest absolute Gasteiger partial charge is 0.285 e. The average molecular weight is 392 g/mol. The van der Waals surface area contributed by atoms with Gasteiger partial charge >= 0.3 is 0 Å². The van der Waals surface area contributed by atoms with Crippen LogP contribution in [0.1, 0.15) is 23.5 Å². The number of nitrogens with one attached hydrogen (secondary N) is 3. The van der Waals surface area contributed by atoms with Crippen molar-refractivity contribution in [2.45, 2.75) is 12.3 Å². The summed E-state index contributed by atoms with van der Waals surface area (Å²) in [5.41, 5.74) is 7.38. The van der Waals surface area contributed by atoms with E-state index in [0.29, 0.717) is 0 Å². The molecule has 1 aliphatic rings. The molecule has 0 aliphatic carbocycles. The zero-order valence-corrected chi connectivity index (χ0v) is 16.8. The van der Waals surface area contributed by atoms with E-state index in [9.17, 15) is 0 Å². The third kappa shape index (κ3) is 4.05. The maximum Gasteiger partial charge on any atom is 0.0860 e. The second-order valence-electron chi connectivity index (χ2n) is 7.60. The third-order valence-electron chi connectivity index (χ3n) is 5.58. The van der Waals surface area contributed by atoms with Crippen LogP contribution in [0.3, 0.4) is 0 Å². The fourth-order valence-corrected chi connectivity index (χ4v) is 4.03. The zero-order valence-electron chi connectivity index (χ0n) is 16.8. The summed E-state index contributed by atoms with van der Waals surface area (Å²) in [5.74, 6) is 0. The van der Waals surface area contributed by atoms with Crippen molar-refractivity contribution in [2.24, 2.45) is 0 Å². The van der Waals surface area contributed by atoms with Crippen molar-refractivity contribution in [1.29, 1.82) is 0 Å². The lowest BCUT2D eigenvalue weighted by atomic mass is 9.95. The second kappa shape index (κ2) is 8.64. The third-order valence-corrected chi connectivity index (χ3v) is 5.58. The van der Waals surface area contributed by atoms with Crippen LogP contribution in [-0.2, 0) is 0 Å². The van der Waals surface area contributed by atoms with Crippen LogP contribution in [0.5, 0.6) is 0 Å². The van der Waals surface area contributed by atoms with Gasteiger partial charge in [0.05, 0.1) is 12.3 Å². The van der Waals surface area contributed by atoms with Gasteiger partial charge in [0.2, 0.25) is 0 Å². The first-order valence-corrected chi connectivity index (χ1v) is 10.4. The number of benzene rings is 4. The van der Waals surface area contributed by atoms with Gasteiger partial charge in [-0.15, -0.1) is 0 Å². The molecule has 0 saturated carbocycles. The molecule has 4 aromatic rings. The van der Waals surface area contributed by atoms with E-state index in [1.807, 2.05) is 0 Å². The van der Waals surface area contributed by atoms with Crippen LogP contribution in [0.4, 0.5) is 0 Å². The summed E-state index contributed by atoms with van der Waals surface area (Å²) in [7, 11) is 0. The number of hydrogen-bond acceptors (Lipinski definition) is 3. The highest BCUT2D eigenvalue weighted by Gasteiger charge is 2.23. The Morgan fingerprint density at radius 3 is 1.47 bits per heavy atom. The molecule has 3 N–H and O–H groups in total. The minimum atomic E-state index is 0.0579. The van der Waals surface area contributed by atoms with Gasteiger partial charge in [-0.25, -0.2) is 0 Å². The molecule has 0 radical (unpaired) electrons. The molecule has 2 atom stereocenters. The van der Waals surface area contributed by atoms with Crippen molar-refractivity contribution in [3.05, 3.63) is 120 Å². The van der Waals surface area contributed by atoms with E-state index in [4.69, 9.17) is 0 Å².